The van der Waals surface area contributed by atoms with Crippen LogP contribution in [0, 0.1) is 13.8 Å². The van der Waals surface area contributed by atoms with Crippen LogP contribution in [0.5, 0.6) is 0 Å². The predicted molar refractivity (Wildman–Crippen MR) is 84.0 cm³/mol. The molecule has 0 fully saturated rings. The van der Waals surface area contributed by atoms with Gasteiger partial charge in [0.1, 0.15) is 0 Å². The van der Waals surface area contributed by atoms with Crippen molar-refractivity contribution in [3.63, 3.8) is 0 Å². The van der Waals surface area contributed by atoms with Crippen LogP contribution in [-0.2, 0) is 11.3 Å². The first-order valence-electron chi connectivity index (χ1n) is 6.73. The van der Waals surface area contributed by atoms with E-state index in [2.05, 4.69) is 42.7 Å². The number of rotatable bonds is 4. The lowest BCUT2D eigenvalue weighted by Gasteiger charge is -2.13. The van der Waals surface area contributed by atoms with Crippen LogP contribution in [0.1, 0.15) is 23.6 Å². The van der Waals surface area contributed by atoms with Crippen LogP contribution in [0.15, 0.2) is 42.5 Å². The fraction of sp³-hybridized carbons (Fsp3) is 0.235. The summed E-state index contributed by atoms with van der Waals surface area (Å²) in [6, 6.07) is 14.2. The molecule has 0 aliphatic heterocycles. The first kappa shape index (κ1) is 14.1. The second kappa shape index (κ2) is 6.24. The summed E-state index contributed by atoms with van der Waals surface area (Å²) < 4.78 is 0. The summed E-state index contributed by atoms with van der Waals surface area (Å²) in [7, 11) is 0. The number of para-hydroxylation sites is 1. The second-order valence-electron chi connectivity index (χ2n) is 5.01. The Hall–Kier alpha value is -2.29. The van der Waals surface area contributed by atoms with Crippen LogP contribution in [0.25, 0.3) is 0 Å². The maximum absolute atomic E-state index is 11.2. The lowest BCUT2D eigenvalue weighted by atomic mass is 10.1. The smallest absolute Gasteiger partial charge is 0.221 e. The van der Waals surface area contributed by atoms with Crippen molar-refractivity contribution in [3.8, 4) is 0 Å². The monoisotopic (exact) mass is 268 g/mol. The molecule has 0 saturated heterocycles. The molecular formula is C17H20N2O. The number of anilines is 2. The first-order chi connectivity index (χ1) is 9.56. The maximum atomic E-state index is 11.2. The minimum Gasteiger partial charge on any atom is -0.381 e. The van der Waals surface area contributed by atoms with Gasteiger partial charge in [-0.25, -0.2) is 0 Å². The van der Waals surface area contributed by atoms with Crippen LogP contribution in [-0.4, -0.2) is 5.91 Å². The van der Waals surface area contributed by atoms with Gasteiger partial charge in [0.15, 0.2) is 0 Å². The van der Waals surface area contributed by atoms with Crippen molar-refractivity contribution >= 4 is 17.3 Å². The minimum absolute atomic E-state index is 0.0519. The van der Waals surface area contributed by atoms with Crippen molar-refractivity contribution in [2.75, 3.05) is 10.6 Å². The number of carbonyl (C=O) groups is 1. The van der Waals surface area contributed by atoms with Gasteiger partial charge in [0.2, 0.25) is 5.91 Å². The van der Waals surface area contributed by atoms with Crippen LogP contribution in [0.2, 0.25) is 0 Å². The van der Waals surface area contributed by atoms with E-state index in [1.165, 1.54) is 18.1 Å². The van der Waals surface area contributed by atoms with E-state index in [1.54, 1.807) is 0 Å². The molecule has 2 aromatic rings. The fourth-order valence-corrected chi connectivity index (χ4v) is 2.19. The Labute approximate surface area is 120 Å². The van der Waals surface area contributed by atoms with Crippen molar-refractivity contribution in [3.05, 3.63) is 59.2 Å². The van der Waals surface area contributed by atoms with Gasteiger partial charge in [0.25, 0.3) is 0 Å². The Morgan fingerprint density at radius 2 is 1.80 bits per heavy atom. The van der Waals surface area contributed by atoms with E-state index < -0.39 is 0 Å². The Kier molecular flexibility index (Phi) is 4.41. The molecule has 0 heterocycles. The zero-order valence-corrected chi connectivity index (χ0v) is 12.2. The van der Waals surface area contributed by atoms with Gasteiger partial charge in [-0.05, 0) is 37.1 Å². The SMILES string of the molecule is CC(=O)Nc1ccccc1CNc1ccc(C)cc1C. The zero-order chi connectivity index (χ0) is 14.5. The van der Waals surface area contributed by atoms with E-state index in [9.17, 15) is 4.79 Å². The first-order valence-corrected chi connectivity index (χ1v) is 6.73. The van der Waals surface area contributed by atoms with E-state index in [1.807, 2.05) is 24.3 Å². The van der Waals surface area contributed by atoms with Gasteiger partial charge in [-0.1, -0.05) is 35.9 Å². The van der Waals surface area contributed by atoms with Gasteiger partial charge in [0.05, 0.1) is 0 Å². The molecule has 104 valence electrons. The van der Waals surface area contributed by atoms with Crippen molar-refractivity contribution < 1.29 is 4.79 Å². The van der Waals surface area contributed by atoms with E-state index >= 15 is 0 Å². The van der Waals surface area contributed by atoms with Gasteiger partial charge in [-0.15, -0.1) is 0 Å². The topological polar surface area (TPSA) is 41.1 Å². The Morgan fingerprint density at radius 1 is 1.05 bits per heavy atom. The third kappa shape index (κ3) is 3.60. The summed E-state index contributed by atoms with van der Waals surface area (Å²) in [6.45, 7) is 6.38. The van der Waals surface area contributed by atoms with E-state index in [0.717, 1.165) is 16.9 Å². The summed E-state index contributed by atoms with van der Waals surface area (Å²) in [5.41, 5.74) is 5.53. The quantitative estimate of drug-likeness (QED) is 0.883. The molecule has 2 aromatic carbocycles. The van der Waals surface area contributed by atoms with Crippen molar-refractivity contribution in [2.24, 2.45) is 0 Å². The third-order valence-electron chi connectivity index (χ3n) is 3.18. The predicted octanol–water partition coefficient (Wildman–Crippen LogP) is 3.87. The Morgan fingerprint density at radius 3 is 2.50 bits per heavy atom. The van der Waals surface area contributed by atoms with Crippen LogP contribution < -0.4 is 10.6 Å². The lowest BCUT2D eigenvalue weighted by molar-refractivity contribution is -0.114. The van der Waals surface area contributed by atoms with Gasteiger partial charge in [-0.2, -0.15) is 0 Å². The molecule has 0 aromatic heterocycles. The van der Waals surface area contributed by atoms with E-state index in [4.69, 9.17) is 0 Å². The summed E-state index contributed by atoms with van der Waals surface area (Å²) in [5, 5.41) is 6.27. The second-order valence-corrected chi connectivity index (χ2v) is 5.01. The molecule has 0 aliphatic rings. The lowest BCUT2D eigenvalue weighted by Crippen LogP contribution is -2.10. The molecule has 0 aliphatic carbocycles. The van der Waals surface area contributed by atoms with Crippen LogP contribution in [0.4, 0.5) is 11.4 Å². The molecule has 3 nitrogen and oxygen atoms in total. The number of amides is 1. The highest BCUT2D eigenvalue weighted by atomic mass is 16.1. The minimum atomic E-state index is -0.0519. The third-order valence-corrected chi connectivity index (χ3v) is 3.18. The summed E-state index contributed by atoms with van der Waals surface area (Å²) in [5.74, 6) is -0.0519. The number of hydrogen-bond acceptors (Lipinski definition) is 2. The molecule has 0 bridgehead atoms. The zero-order valence-electron chi connectivity index (χ0n) is 12.2. The number of aryl methyl sites for hydroxylation is 2. The highest BCUT2D eigenvalue weighted by molar-refractivity contribution is 5.89. The number of carbonyl (C=O) groups excluding carboxylic acids is 1. The molecule has 2 N–H and O–H groups in total. The Bertz CT molecular complexity index is 620. The van der Waals surface area contributed by atoms with Crippen LogP contribution >= 0.6 is 0 Å². The highest BCUT2D eigenvalue weighted by Gasteiger charge is 2.04. The number of nitrogens with one attached hydrogen (secondary N) is 2. The number of hydrogen-bond donors (Lipinski definition) is 2. The molecule has 0 radical (unpaired) electrons. The van der Waals surface area contributed by atoms with Crippen molar-refractivity contribution in [1.29, 1.82) is 0 Å². The molecule has 0 spiro atoms. The van der Waals surface area contributed by atoms with Gasteiger partial charge < -0.3 is 10.6 Å². The molecule has 0 unspecified atom stereocenters. The molecular weight excluding hydrogens is 248 g/mol. The normalized spacial score (nSPS) is 10.2. The van der Waals surface area contributed by atoms with E-state index in [0.29, 0.717) is 6.54 Å². The van der Waals surface area contributed by atoms with Crippen molar-refractivity contribution in [2.45, 2.75) is 27.3 Å². The fourth-order valence-electron chi connectivity index (χ4n) is 2.19. The molecule has 2 rings (SSSR count). The molecule has 0 atom stereocenters. The average Bonchev–Trinajstić information content (AvgIpc) is 2.39. The highest BCUT2D eigenvalue weighted by Crippen LogP contribution is 2.20. The molecule has 3 heteroatoms. The number of benzene rings is 2. The standard InChI is InChI=1S/C17H20N2O/c1-12-8-9-16(13(2)10-12)18-11-15-6-4-5-7-17(15)19-14(3)20/h4-10,18H,11H2,1-3H3,(H,19,20). The maximum Gasteiger partial charge on any atom is 0.221 e. The molecule has 20 heavy (non-hydrogen) atoms. The molecule has 1 amide bonds. The van der Waals surface area contributed by atoms with Crippen LogP contribution in [0.3, 0.4) is 0 Å². The van der Waals surface area contributed by atoms with E-state index in [-0.39, 0.29) is 5.91 Å². The summed E-state index contributed by atoms with van der Waals surface area (Å²) >= 11 is 0. The van der Waals surface area contributed by atoms with Crippen molar-refractivity contribution in [1.82, 2.24) is 0 Å². The largest absolute Gasteiger partial charge is 0.381 e. The molecule has 0 saturated carbocycles. The average molecular weight is 268 g/mol. The van der Waals surface area contributed by atoms with Gasteiger partial charge in [0, 0.05) is 24.8 Å². The van der Waals surface area contributed by atoms with Gasteiger partial charge >= 0.3 is 0 Å². The summed E-state index contributed by atoms with van der Waals surface area (Å²) in [6.07, 6.45) is 0. The summed E-state index contributed by atoms with van der Waals surface area (Å²) in [4.78, 5) is 11.2. The van der Waals surface area contributed by atoms with Gasteiger partial charge in [-0.3, -0.25) is 4.79 Å². The Balaban J connectivity index is 2.12.